The third kappa shape index (κ3) is 2.82. The number of carboxylic acids is 1. The second-order valence-corrected chi connectivity index (χ2v) is 6.66. The van der Waals surface area contributed by atoms with Crippen molar-refractivity contribution in [1.82, 2.24) is 5.32 Å². The standard InChI is InChI=1S/C18H21NO3/c1-17(2,3)15(20)19-18(4,16(21)22)14-11-7-9-12-8-5-6-10-13(12)14/h5-11H,1-4H3,(H,19,20)(H,21,22). The Labute approximate surface area is 130 Å². The summed E-state index contributed by atoms with van der Waals surface area (Å²) in [7, 11) is 0. The van der Waals surface area contributed by atoms with Crippen molar-refractivity contribution >= 4 is 22.6 Å². The molecule has 1 atom stereocenters. The number of carbonyl (C=O) groups is 2. The summed E-state index contributed by atoms with van der Waals surface area (Å²) in [5.74, 6) is -1.38. The van der Waals surface area contributed by atoms with E-state index in [1.807, 2.05) is 36.4 Å². The fourth-order valence-corrected chi connectivity index (χ4v) is 2.31. The summed E-state index contributed by atoms with van der Waals surface area (Å²) in [6.45, 7) is 6.80. The van der Waals surface area contributed by atoms with Gasteiger partial charge in [-0.2, -0.15) is 0 Å². The van der Waals surface area contributed by atoms with Crippen LogP contribution in [0, 0.1) is 5.41 Å². The number of benzene rings is 2. The molecule has 22 heavy (non-hydrogen) atoms. The maximum atomic E-state index is 12.3. The second kappa shape index (κ2) is 5.44. The highest BCUT2D eigenvalue weighted by molar-refractivity contribution is 5.96. The molecule has 0 radical (unpaired) electrons. The molecule has 4 heteroatoms. The Hall–Kier alpha value is -2.36. The lowest BCUT2D eigenvalue weighted by atomic mass is 9.85. The Bertz CT molecular complexity index is 725. The van der Waals surface area contributed by atoms with Crippen molar-refractivity contribution in [2.45, 2.75) is 33.2 Å². The van der Waals surface area contributed by atoms with Crippen molar-refractivity contribution in [3.8, 4) is 0 Å². The van der Waals surface area contributed by atoms with E-state index >= 15 is 0 Å². The van der Waals surface area contributed by atoms with Crippen LogP contribution in [0.5, 0.6) is 0 Å². The normalized spacial score (nSPS) is 14.4. The van der Waals surface area contributed by atoms with Gasteiger partial charge in [-0.1, -0.05) is 63.2 Å². The van der Waals surface area contributed by atoms with Crippen LogP contribution in [0.25, 0.3) is 10.8 Å². The first kappa shape index (κ1) is 16.0. The zero-order valence-electron chi connectivity index (χ0n) is 13.3. The van der Waals surface area contributed by atoms with Crippen LogP contribution in [0.3, 0.4) is 0 Å². The van der Waals surface area contributed by atoms with Gasteiger partial charge < -0.3 is 10.4 Å². The van der Waals surface area contributed by atoms with E-state index in [0.29, 0.717) is 5.56 Å². The first-order valence-electron chi connectivity index (χ1n) is 7.20. The van der Waals surface area contributed by atoms with Gasteiger partial charge in [0, 0.05) is 5.41 Å². The van der Waals surface area contributed by atoms with Crippen molar-refractivity contribution in [1.29, 1.82) is 0 Å². The van der Waals surface area contributed by atoms with E-state index in [1.165, 1.54) is 6.92 Å². The summed E-state index contributed by atoms with van der Waals surface area (Å²) in [6.07, 6.45) is 0. The Balaban J connectivity index is 2.60. The number of aliphatic carboxylic acids is 1. The fourth-order valence-electron chi connectivity index (χ4n) is 2.31. The minimum atomic E-state index is -1.48. The van der Waals surface area contributed by atoms with Gasteiger partial charge in [0.1, 0.15) is 0 Å². The third-order valence-corrected chi connectivity index (χ3v) is 3.80. The highest BCUT2D eigenvalue weighted by Gasteiger charge is 2.40. The molecular formula is C18H21NO3. The van der Waals surface area contributed by atoms with Crippen LogP contribution < -0.4 is 5.32 Å². The molecule has 0 aliphatic heterocycles. The van der Waals surface area contributed by atoms with E-state index in [2.05, 4.69) is 5.32 Å². The lowest BCUT2D eigenvalue weighted by Gasteiger charge is -2.31. The molecule has 4 nitrogen and oxygen atoms in total. The van der Waals surface area contributed by atoms with Crippen molar-refractivity contribution < 1.29 is 14.7 Å². The number of hydrogen-bond acceptors (Lipinski definition) is 2. The third-order valence-electron chi connectivity index (χ3n) is 3.80. The molecule has 0 bridgehead atoms. The zero-order valence-corrected chi connectivity index (χ0v) is 13.3. The lowest BCUT2D eigenvalue weighted by Crippen LogP contribution is -2.52. The van der Waals surface area contributed by atoms with Gasteiger partial charge in [-0.3, -0.25) is 4.79 Å². The Kier molecular flexibility index (Phi) is 3.96. The highest BCUT2D eigenvalue weighted by atomic mass is 16.4. The van der Waals surface area contributed by atoms with E-state index in [9.17, 15) is 14.7 Å². The number of carbonyl (C=O) groups excluding carboxylic acids is 1. The van der Waals surface area contributed by atoms with E-state index in [4.69, 9.17) is 0 Å². The van der Waals surface area contributed by atoms with Crippen molar-refractivity contribution in [2.24, 2.45) is 5.41 Å². The summed E-state index contributed by atoms with van der Waals surface area (Å²) in [5, 5.41) is 14.2. The average molecular weight is 299 g/mol. The van der Waals surface area contributed by atoms with Crippen LogP contribution in [0.1, 0.15) is 33.3 Å². The zero-order chi connectivity index (χ0) is 16.5. The van der Waals surface area contributed by atoms with Crippen molar-refractivity contribution in [3.63, 3.8) is 0 Å². The number of rotatable bonds is 3. The molecule has 1 unspecified atom stereocenters. The second-order valence-electron chi connectivity index (χ2n) is 6.66. The average Bonchev–Trinajstić information content (AvgIpc) is 2.45. The Morgan fingerprint density at radius 2 is 1.55 bits per heavy atom. The molecule has 0 saturated heterocycles. The van der Waals surface area contributed by atoms with Gasteiger partial charge in [-0.05, 0) is 23.3 Å². The molecule has 0 aliphatic rings. The summed E-state index contributed by atoms with van der Waals surface area (Å²) >= 11 is 0. The fraction of sp³-hybridized carbons (Fsp3) is 0.333. The molecular weight excluding hydrogens is 278 g/mol. The largest absolute Gasteiger partial charge is 0.479 e. The van der Waals surface area contributed by atoms with E-state index in [-0.39, 0.29) is 5.91 Å². The number of carboxylic acid groups (broad SMARTS) is 1. The SMILES string of the molecule is CC(C)(C)C(=O)NC(C)(C(=O)O)c1cccc2ccccc12. The first-order valence-corrected chi connectivity index (χ1v) is 7.20. The molecule has 0 saturated carbocycles. The van der Waals surface area contributed by atoms with Gasteiger partial charge >= 0.3 is 5.97 Å². The molecule has 0 aliphatic carbocycles. The minimum absolute atomic E-state index is 0.301. The van der Waals surface area contributed by atoms with E-state index in [1.54, 1.807) is 26.8 Å². The van der Waals surface area contributed by atoms with Crippen molar-refractivity contribution in [3.05, 3.63) is 48.0 Å². The van der Waals surface area contributed by atoms with Gasteiger partial charge in [0.15, 0.2) is 5.54 Å². The van der Waals surface area contributed by atoms with Gasteiger partial charge in [0.25, 0.3) is 0 Å². The van der Waals surface area contributed by atoms with Gasteiger partial charge in [0.2, 0.25) is 5.91 Å². The molecule has 2 aromatic carbocycles. The summed E-state index contributed by atoms with van der Waals surface area (Å²) in [4.78, 5) is 24.2. The van der Waals surface area contributed by atoms with Gasteiger partial charge in [0.05, 0.1) is 0 Å². The highest BCUT2D eigenvalue weighted by Crippen LogP contribution is 2.30. The van der Waals surface area contributed by atoms with Gasteiger partial charge in [-0.15, -0.1) is 0 Å². The Morgan fingerprint density at radius 3 is 2.14 bits per heavy atom. The van der Waals surface area contributed by atoms with Crippen LogP contribution >= 0.6 is 0 Å². The van der Waals surface area contributed by atoms with Crippen LogP contribution in [-0.4, -0.2) is 17.0 Å². The molecule has 2 N–H and O–H groups in total. The van der Waals surface area contributed by atoms with Crippen LogP contribution in [0.2, 0.25) is 0 Å². The predicted molar refractivity (Wildman–Crippen MR) is 86.5 cm³/mol. The van der Waals surface area contributed by atoms with E-state index in [0.717, 1.165) is 10.8 Å². The first-order chi connectivity index (χ1) is 10.2. The predicted octanol–water partition coefficient (Wildman–Crippen LogP) is 3.30. The smallest absolute Gasteiger partial charge is 0.333 e. The number of nitrogens with one attached hydrogen (secondary N) is 1. The van der Waals surface area contributed by atoms with Crippen molar-refractivity contribution in [2.75, 3.05) is 0 Å². The number of amides is 1. The summed E-state index contributed by atoms with van der Waals surface area (Å²) < 4.78 is 0. The van der Waals surface area contributed by atoms with Crippen LogP contribution in [-0.2, 0) is 15.1 Å². The van der Waals surface area contributed by atoms with Crippen LogP contribution in [0.15, 0.2) is 42.5 Å². The Morgan fingerprint density at radius 1 is 0.955 bits per heavy atom. The molecule has 2 rings (SSSR count). The summed E-state index contributed by atoms with van der Waals surface area (Å²) in [5.41, 5.74) is -1.57. The molecule has 1 amide bonds. The lowest BCUT2D eigenvalue weighted by molar-refractivity contribution is -0.148. The van der Waals surface area contributed by atoms with Crippen LogP contribution in [0.4, 0.5) is 0 Å². The molecule has 116 valence electrons. The van der Waals surface area contributed by atoms with Gasteiger partial charge in [-0.25, -0.2) is 4.79 Å². The van der Waals surface area contributed by atoms with E-state index < -0.39 is 16.9 Å². The monoisotopic (exact) mass is 299 g/mol. The molecule has 0 spiro atoms. The summed E-state index contributed by atoms with van der Waals surface area (Å²) in [6, 6.07) is 13.0. The molecule has 2 aromatic rings. The number of fused-ring (bicyclic) bond motifs is 1. The molecule has 0 heterocycles. The topological polar surface area (TPSA) is 66.4 Å². The molecule has 0 fully saturated rings. The minimum Gasteiger partial charge on any atom is -0.479 e. The maximum absolute atomic E-state index is 12.3. The maximum Gasteiger partial charge on any atom is 0.333 e. The molecule has 0 aromatic heterocycles. The quantitative estimate of drug-likeness (QED) is 0.914. The number of hydrogen-bond donors (Lipinski definition) is 2.